The number of rotatable bonds is 4. The maximum absolute atomic E-state index is 12.5. The highest BCUT2D eigenvalue weighted by atomic mass is 32.2. The molecule has 2 saturated heterocycles. The Balaban J connectivity index is 1.58. The zero-order valence-corrected chi connectivity index (χ0v) is 13.6. The summed E-state index contributed by atoms with van der Waals surface area (Å²) < 4.78 is 0. The summed E-state index contributed by atoms with van der Waals surface area (Å²) in [5, 5.41) is 3.18. The molecule has 0 aromatic carbocycles. The van der Waals surface area contributed by atoms with Crippen molar-refractivity contribution < 1.29 is 4.79 Å². The zero-order chi connectivity index (χ0) is 14.1. The number of urea groups is 1. The van der Waals surface area contributed by atoms with Gasteiger partial charge in [0.25, 0.3) is 0 Å². The summed E-state index contributed by atoms with van der Waals surface area (Å²) in [5.41, 5.74) is 0. The SMILES string of the molecule is CSCC(C)CNC(=O)N1CC2CC3CC(C2)CC1C3. The van der Waals surface area contributed by atoms with Crippen LogP contribution >= 0.6 is 11.8 Å². The average molecular weight is 296 g/mol. The van der Waals surface area contributed by atoms with Gasteiger partial charge in [-0.05, 0) is 67.8 Å². The molecule has 2 amide bonds. The van der Waals surface area contributed by atoms with Crippen LogP contribution in [0.5, 0.6) is 0 Å². The van der Waals surface area contributed by atoms with Gasteiger partial charge in [-0.25, -0.2) is 4.79 Å². The predicted molar refractivity (Wildman–Crippen MR) is 85.0 cm³/mol. The second-order valence-electron chi connectivity index (χ2n) is 7.33. The molecule has 0 spiro atoms. The van der Waals surface area contributed by atoms with Crippen molar-refractivity contribution in [3.8, 4) is 0 Å². The van der Waals surface area contributed by atoms with Gasteiger partial charge in [0.15, 0.2) is 0 Å². The number of carbonyl (C=O) groups excluding carboxylic acids is 1. The minimum absolute atomic E-state index is 0.205. The summed E-state index contributed by atoms with van der Waals surface area (Å²) in [5.74, 6) is 4.28. The predicted octanol–water partition coefficient (Wildman–Crippen LogP) is 3.21. The molecule has 4 heteroatoms. The molecule has 20 heavy (non-hydrogen) atoms. The van der Waals surface area contributed by atoms with E-state index in [4.69, 9.17) is 0 Å². The van der Waals surface area contributed by atoms with E-state index >= 15 is 0 Å². The summed E-state index contributed by atoms with van der Waals surface area (Å²) in [6.07, 6.45) is 8.84. The fourth-order valence-electron chi connectivity index (χ4n) is 4.74. The van der Waals surface area contributed by atoms with Crippen molar-refractivity contribution in [2.45, 2.75) is 45.1 Å². The van der Waals surface area contributed by atoms with Crippen molar-refractivity contribution in [2.24, 2.45) is 23.7 Å². The highest BCUT2D eigenvalue weighted by Gasteiger charge is 2.43. The molecule has 3 atom stereocenters. The summed E-state index contributed by atoms with van der Waals surface area (Å²) >= 11 is 1.86. The minimum Gasteiger partial charge on any atom is -0.338 e. The van der Waals surface area contributed by atoms with Crippen molar-refractivity contribution in [1.82, 2.24) is 10.2 Å². The molecule has 0 aromatic rings. The van der Waals surface area contributed by atoms with Crippen LogP contribution in [0.3, 0.4) is 0 Å². The zero-order valence-electron chi connectivity index (χ0n) is 12.8. The first-order chi connectivity index (χ1) is 9.65. The molecule has 3 unspecified atom stereocenters. The van der Waals surface area contributed by atoms with Gasteiger partial charge in [-0.3, -0.25) is 0 Å². The van der Waals surface area contributed by atoms with E-state index in [1.807, 2.05) is 11.8 Å². The van der Waals surface area contributed by atoms with E-state index < -0.39 is 0 Å². The van der Waals surface area contributed by atoms with Gasteiger partial charge in [0.1, 0.15) is 0 Å². The van der Waals surface area contributed by atoms with Gasteiger partial charge in [0.05, 0.1) is 0 Å². The average Bonchev–Trinajstić information content (AvgIpc) is 2.60. The minimum atomic E-state index is 0.205. The van der Waals surface area contributed by atoms with E-state index in [0.717, 1.165) is 36.6 Å². The van der Waals surface area contributed by atoms with E-state index in [-0.39, 0.29) is 6.03 Å². The van der Waals surface area contributed by atoms with E-state index in [2.05, 4.69) is 23.4 Å². The third kappa shape index (κ3) is 3.10. The summed E-state index contributed by atoms with van der Waals surface area (Å²) in [7, 11) is 0. The Morgan fingerprint density at radius 3 is 2.50 bits per heavy atom. The molecule has 4 fully saturated rings. The number of thioether (sulfide) groups is 1. The molecule has 3 nitrogen and oxygen atoms in total. The second-order valence-corrected chi connectivity index (χ2v) is 8.24. The highest BCUT2D eigenvalue weighted by Crippen LogP contribution is 2.47. The molecule has 0 radical (unpaired) electrons. The topological polar surface area (TPSA) is 32.3 Å². The van der Waals surface area contributed by atoms with Gasteiger partial charge in [-0.2, -0.15) is 11.8 Å². The Hall–Kier alpha value is -0.380. The van der Waals surface area contributed by atoms with Gasteiger partial charge >= 0.3 is 6.03 Å². The van der Waals surface area contributed by atoms with Crippen LogP contribution < -0.4 is 5.32 Å². The van der Waals surface area contributed by atoms with Gasteiger partial charge in [0, 0.05) is 19.1 Å². The van der Waals surface area contributed by atoms with Crippen molar-refractivity contribution in [3.05, 3.63) is 0 Å². The Morgan fingerprint density at radius 1 is 1.20 bits per heavy atom. The molecule has 2 aliphatic heterocycles. The van der Waals surface area contributed by atoms with Crippen LogP contribution in [0.25, 0.3) is 0 Å². The first-order valence-electron chi connectivity index (χ1n) is 8.19. The van der Waals surface area contributed by atoms with E-state index in [1.54, 1.807) is 0 Å². The molecule has 114 valence electrons. The Kier molecular flexibility index (Phi) is 4.49. The molecule has 4 bridgehead atoms. The number of hydrogen-bond donors (Lipinski definition) is 1. The number of carbonyl (C=O) groups is 1. The normalized spacial score (nSPS) is 36.8. The van der Waals surface area contributed by atoms with E-state index in [0.29, 0.717) is 12.0 Å². The number of nitrogens with zero attached hydrogens (tertiary/aromatic N) is 1. The summed E-state index contributed by atoms with van der Waals surface area (Å²) in [6.45, 7) is 4.05. The number of nitrogens with one attached hydrogen (secondary N) is 1. The van der Waals surface area contributed by atoms with Crippen molar-refractivity contribution >= 4 is 17.8 Å². The first kappa shape index (κ1) is 14.6. The third-order valence-electron chi connectivity index (χ3n) is 5.42. The van der Waals surface area contributed by atoms with Crippen LogP contribution in [0.15, 0.2) is 0 Å². The maximum atomic E-state index is 12.5. The second kappa shape index (κ2) is 6.17. The Bertz CT molecular complexity index is 348. The van der Waals surface area contributed by atoms with Crippen molar-refractivity contribution in [2.75, 3.05) is 25.1 Å². The van der Waals surface area contributed by atoms with Crippen molar-refractivity contribution in [3.63, 3.8) is 0 Å². The van der Waals surface area contributed by atoms with Gasteiger partial charge < -0.3 is 10.2 Å². The molecule has 4 aliphatic rings. The molecule has 2 saturated carbocycles. The lowest BCUT2D eigenvalue weighted by molar-refractivity contribution is 0.131. The number of hydrogen-bond acceptors (Lipinski definition) is 2. The van der Waals surface area contributed by atoms with Crippen LogP contribution in [0.4, 0.5) is 4.79 Å². The van der Waals surface area contributed by atoms with E-state index in [1.165, 1.54) is 32.1 Å². The fraction of sp³-hybridized carbons (Fsp3) is 0.938. The van der Waals surface area contributed by atoms with Crippen molar-refractivity contribution in [1.29, 1.82) is 0 Å². The summed E-state index contributed by atoms with van der Waals surface area (Å²) in [6, 6.07) is 0.734. The molecule has 2 aliphatic carbocycles. The van der Waals surface area contributed by atoms with E-state index in [9.17, 15) is 4.79 Å². The maximum Gasteiger partial charge on any atom is 0.317 e. The molecule has 4 rings (SSSR count). The van der Waals surface area contributed by atoms with Crippen LogP contribution in [0, 0.1) is 23.7 Å². The largest absolute Gasteiger partial charge is 0.338 e. The lowest BCUT2D eigenvalue weighted by Gasteiger charge is -2.39. The fourth-order valence-corrected chi connectivity index (χ4v) is 5.43. The number of fused-ring (bicyclic) bond motifs is 1. The monoisotopic (exact) mass is 296 g/mol. The smallest absolute Gasteiger partial charge is 0.317 e. The first-order valence-corrected chi connectivity index (χ1v) is 9.58. The van der Waals surface area contributed by atoms with Crippen LogP contribution in [-0.4, -0.2) is 42.1 Å². The van der Waals surface area contributed by atoms with Gasteiger partial charge in [-0.15, -0.1) is 0 Å². The highest BCUT2D eigenvalue weighted by molar-refractivity contribution is 7.98. The lowest BCUT2D eigenvalue weighted by atomic mass is 9.68. The quantitative estimate of drug-likeness (QED) is 0.864. The molecule has 2 heterocycles. The number of amides is 2. The molecular formula is C16H28N2OS. The lowest BCUT2D eigenvalue weighted by Crippen LogP contribution is -2.48. The van der Waals surface area contributed by atoms with Crippen LogP contribution in [0.1, 0.15) is 39.0 Å². The van der Waals surface area contributed by atoms with Crippen LogP contribution in [0.2, 0.25) is 0 Å². The van der Waals surface area contributed by atoms with Crippen LogP contribution in [-0.2, 0) is 0 Å². The van der Waals surface area contributed by atoms with Gasteiger partial charge in [0.2, 0.25) is 0 Å². The van der Waals surface area contributed by atoms with Gasteiger partial charge in [-0.1, -0.05) is 6.92 Å². The molecular weight excluding hydrogens is 268 g/mol. The standard InChI is InChI=1S/C16H28N2OS/c1-11(10-20-2)8-17-16(19)18-9-14-4-12-3-13(5-14)7-15(18)6-12/h11-15H,3-10H2,1-2H3,(H,17,19). The molecule has 1 N–H and O–H groups in total. The third-order valence-corrected chi connectivity index (χ3v) is 6.32. The molecule has 0 aromatic heterocycles. The summed E-state index contributed by atoms with van der Waals surface area (Å²) in [4.78, 5) is 14.7. The Labute approximate surface area is 127 Å². The Morgan fingerprint density at radius 2 is 1.85 bits per heavy atom.